The Morgan fingerprint density at radius 3 is 2.78 bits per heavy atom. The zero-order chi connectivity index (χ0) is 24.7. The average Bonchev–Trinajstić information content (AvgIpc) is 3.54. The molecule has 6 rings (SSSR count). The van der Waals surface area contributed by atoms with Gasteiger partial charge in [0.05, 0.1) is 18.7 Å². The second-order valence-electron chi connectivity index (χ2n) is 9.04. The number of benzene rings is 3. The van der Waals surface area contributed by atoms with E-state index in [1.807, 2.05) is 66.9 Å². The van der Waals surface area contributed by atoms with Crippen molar-refractivity contribution >= 4 is 31.8 Å². The van der Waals surface area contributed by atoms with Crippen molar-refractivity contribution in [1.29, 1.82) is 0 Å². The molecule has 0 unspecified atom stereocenters. The van der Waals surface area contributed by atoms with E-state index in [1.54, 1.807) is 12.3 Å². The van der Waals surface area contributed by atoms with Gasteiger partial charge in [-0.05, 0) is 53.4 Å². The highest BCUT2D eigenvalue weighted by Gasteiger charge is 2.29. The average molecular weight is 500 g/mol. The molecule has 0 bridgehead atoms. The number of nitrogens with one attached hydrogen (secondary N) is 2. The van der Waals surface area contributed by atoms with Crippen LogP contribution in [0.15, 0.2) is 84.0 Å². The third-order valence-electron chi connectivity index (χ3n) is 6.65. The molecular formula is C28H25N3O4S. The van der Waals surface area contributed by atoms with Gasteiger partial charge in [-0.15, -0.1) is 0 Å². The number of aromatic amines is 1. The van der Waals surface area contributed by atoms with Crippen LogP contribution < -0.4 is 9.46 Å². The fourth-order valence-electron chi connectivity index (χ4n) is 4.86. The standard InChI is InChI=1S/C28H25N3O4S/c32-17-23(13-22-16-30-26-8-4-2-6-24(22)26)31-36(33,34)27-14-20(12-19-9-10-35-28(19)27)21-11-18-5-1-3-7-25(18)29-15-21/h1-8,11-12,14-16,23,30-32H,9-10,13,17H2/t23-/m1/s1. The van der Waals surface area contributed by atoms with Crippen LogP contribution in [0.25, 0.3) is 32.9 Å². The molecule has 0 saturated carbocycles. The highest BCUT2D eigenvalue weighted by Crippen LogP contribution is 2.38. The molecule has 1 aliphatic rings. The smallest absolute Gasteiger partial charge is 0.244 e. The van der Waals surface area contributed by atoms with Gasteiger partial charge in [0, 0.05) is 46.7 Å². The van der Waals surface area contributed by atoms with Crippen molar-refractivity contribution in [2.45, 2.75) is 23.8 Å². The first-order chi connectivity index (χ1) is 17.5. The maximum Gasteiger partial charge on any atom is 0.244 e. The quantitative estimate of drug-likeness (QED) is 0.311. The first-order valence-electron chi connectivity index (χ1n) is 11.8. The Hall–Kier alpha value is -3.72. The van der Waals surface area contributed by atoms with Gasteiger partial charge in [0.1, 0.15) is 10.6 Å². The molecule has 0 amide bonds. The van der Waals surface area contributed by atoms with Gasteiger partial charge in [-0.1, -0.05) is 36.4 Å². The largest absolute Gasteiger partial charge is 0.492 e. The minimum Gasteiger partial charge on any atom is -0.492 e. The van der Waals surface area contributed by atoms with Gasteiger partial charge in [0.2, 0.25) is 10.0 Å². The summed E-state index contributed by atoms with van der Waals surface area (Å²) in [5.41, 5.74) is 5.22. The minimum atomic E-state index is -3.99. The molecule has 2 aromatic heterocycles. The SMILES string of the molecule is O=S(=O)(N[C@@H](CO)Cc1c[nH]c2ccccc12)c1cc(-c2cnc3ccccc3c2)cc2c1OCC2. The highest BCUT2D eigenvalue weighted by atomic mass is 32.2. The van der Waals surface area contributed by atoms with E-state index in [9.17, 15) is 13.5 Å². The van der Waals surface area contributed by atoms with Crippen LogP contribution in [0, 0.1) is 0 Å². The van der Waals surface area contributed by atoms with Crippen molar-refractivity contribution in [2.24, 2.45) is 0 Å². The Morgan fingerprint density at radius 1 is 1.06 bits per heavy atom. The number of ether oxygens (including phenoxy) is 1. The van der Waals surface area contributed by atoms with Crippen molar-refractivity contribution in [3.63, 3.8) is 0 Å². The fourth-order valence-corrected chi connectivity index (χ4v) is 6.30. The van der Waals surface area contributed by atoms with E-state index in [4.69, 9.17) is 4.74 Å². The Kier molecular flexibility index (Phi) is 5.72. The van der Waals surface area contributed by atoms with E-state index in [-0.39, 0.29) is 11.5 Å². The van der Waals surface area contributed by atoms with Gasteiger partial charge in [-0.25, -0.2) is 13.1 Å². The van der Waals surface area contributed by atoms with Crippen molar-refractivity contribution < 1.29 is 18.3 Å². The Balaban J connectivity index is 1.35. The first kappa shape index (κ1) is 22.7. The molecule has 0 fully saturated rings. The number of nitrogens with zero attached hydrogens (tertiary/aromatic N) is 1. The predicted molar refractivity (Wildman–Crippen MR) is 140 cm³/mol. The first-order valence-corrected chi connectivity index (χ1v) is 13.3. The molecule has 0 aliphatic carbocycles. The van der Waals surface area contributed by atoms with E-state index in [2.05, 4.69) is 14.7 Å². The van der Waals surface area contributed by atoms with Crippen LogP contribution in [0.3, 0.4) is 0 Å². The maximum absolute atomic E-state index is 13.6. The molecule has 0 radical (unpaired) electrons. The number of hydrogen-bond acceptors (Lipinski definition) is 5. The van der Waals surface area contributed by atoms with Gasteiger partial charge < -0.3 is 14.8 Å². The third kappa shape index (κ3) is 4.13. The molecule has 3 aromatic carbocycles. The molecular weight excluding hydrogens is 474 g/mol. The van der Waals surface area contributed by atoms with Gasteiger partial charge in [0.15, 0.2) is 0 Å². The Labute approximate surface area is 208 Å². The van der Waals surface area contributed by atoms with E-state index in [0.29, 0.717) is 25.2 Å². The third-order valence-corrected chi connectivity index (χ3v) is 8.17. The zero-order valence-electron chi connectivity index (χ0n) is 19.4. The van der Waals surface area contributed by atoms with Gasteiger partial charge in [-0.2, -0.15) is 0 Å². The van der Waals surface area contributed by atoms with Crippen LogP contribution in [-0.4, -0.2) is 42.7 Å². The molecule has 5 aromatic rings. The number of sulfonamides is 1. The van der Waals surface area contributed by atoms with Gasteiger partial charge in [0.25, 0.3) is 0 Å². The summed E-state index contributed by atoms with van der Waals surface area (Å²) in [5.74, 6) is 0.379. The summed E-state index contributed by atoms with van der Waals surface area (Å²) < 4.78 is 35.7. The van der Waals surface area contributed by atoms with Crippen LogP contribution in [0.2, 0.25) is 0 Å². The van der Waals surface area contributed by atoms with E-state index in [0.717, 1.165) is 44.1 Å². The van der Waals surface area contributed by atoms with Crippen molar-refractivity contribution in [3.05, 3.63) is 90.3 Å². The van der Waals surface area contributed by atoms with Gasteiger partial charge in [-0.3, -0.25) is 4.98 Å². The highest BCUT2D eigenvalue weighted by molar-refractivity contribution is 7.89. The number of H-pyrrole nitrogens is 1. The number of aliphatic hydroxyl groups excluding tert-OH is 1. The molecule has 0 spiro atoms. The number of pyridine rings is 1. The van der Waals surface area contributed by atoms with Crippen LogP contribution in [0.5, 0.6) is 5.75 Å². The summed E-state index contributed by atoms with van der Waals surface area (Å²) in [4.78, 5) is 7.82. The number of fused-ring (bicyclic) bond motifs is 3. The number of rotatable bonds is 7. The van der Waals surface area contributed by atoms with E-state index < -0.39 is 16.1 Å². The fraction of sp³-hybridized carbons (Fsp3) is 0.179. The second-order valence-corrected chi connectivity index (χ2v) is 10.7. The number of para-hydroxylation sites is 2. The van der Waals surface area contributed by atoms with Crippen LogP contribution in [0.1, 0.15) is 11.1 Å². The molecule has 3 heterocycles. The van der Waals surface area contributed by atoms with E-state index >= 15 is 0 Å². The summed E-state index contributed by atoms with van der Waals surface area (Å²) in [6.45, 7) is 0.0894. The molecule has 36 heavy (non-hydrogen) atoms. The lowest BCUT2D eigenvalue weighted by Crippen LogP contribution is -2.39. The zero-order valence-corrected chi connectivity index (χ0v) is 20.3. The molecule has 1 aliphatic heterocycles. The number of aliphatic hydroxyl groups is 1. The maximum atomic E-state index is 13.6. The van der Waals surface area contributed by atoms with E-state index in [1.165, 1.54) is 0 Å². The summed E-state index contributed by atoms with van der Waals surface area (Å²) in [6.07, 6.45) is 4.59. The molecule has 1 atom stereocenters. The number of aromatic nitrogens is 2. The predicted octanol–water partition coefficient (Wildman–Crippen LogP) is 4.20. The summed E-state index contributed by atoms with van der Waals surface area (Å²) in [7, 11) is -3.99. The molecule has 8 heteroatoms. The Bertz CT molecular complexity index is 1690. The van der Waals surface area contributed by atoms with Crippen LogP contribution >= 0.6 is 0 Å². The molecule has 7 nitrogen and oxygen atoms in total. The van der Waals surface area contributed by atoms with Gasteiger partial charge >= 0.3 is 0 Å². The normalized spacial score (nSPS) is 14.1. The second kappa shape index (κ2) is 9.05. The summed E-state index contributed by atoms with van der Waals surface area (Å²) >= 11 is 0. The number of hydrogen-bond donors (Lipinski definition) is 3. The van der Waals surface area contributed by atoms with Crippen molar-refractivity contribution in [1.82, 2.24) is 14.7 Å². The van der Waals surface area contributed by atoms with Crippen LogP contribution in [0.4, 0.5) is 0 Å². The van der Waals surface area contributed by atoms with Crippen LogP contribution in [-0.2, 0) is 22.9 Å². The Morgan fingerprint density at radius 2 is 1.89 bits per heavy atom. The topological polar surface area (TPSA) is 104 Å². The summed E-state index contributed by atoms with van der Waals surface area (Å²) in [5, 5.41) is 12.0. The van der Waals surface area contributed by atoms with Crippen molar-refractivity contribution in [3.8, 4) is 16.9 Å². The molecule has 0 saturated heterocycles. The summed E-state index contributed by atoms with van der Waals surface area (Å²) in [6, 6.07) is 20.6. The van der Waals surface area contributed by atoms with Crippen molar-refractivity contribution in [2.75, 3.05) is 13.2 Å². The lowest BCUT2D eigenvalue weighted by Gasteiger charge is -2.18. The minimum absolute atomic E-state index is 0.0815. The monoisotopic (exact) mass is 499 g/mol. The molecule has 182 valence electrons. The lowest BCUT2D eigenvalue weighted by atomic mass is 10.0. The lowest BCUT2D eigenvalue weighted by molar-refractivity contribution is 0.256. The molecule has 3 N–H and O–H groups in total.